The molecule has 0 spiro atoms. The lowest BCUT2D eigenvalue weighted by molar-refractivity contribution is 0.502. The number of hydrogen-bond acceptors (Lipinski definition) is 0. The summed E-state index contributed by atoms with van der Waals surface area (Å²) in [5, 5.41) is 0. The van der Waals surface area contributed by atoms with Gasteiger partial charge in [0.25, 0.3) is 0 Å². The quantitative estimate of drug-likeness (QED) is 0.0596. The van der Waals surface area contributed by atoms with Crippen LogP contribution in [0.3, 0.4) is 0 Å². The van der Waals surface area contributed by atoms with E-state index in [9.17, 15) is 0 Å². The third-order valence-electron chi connectivity index (χ3n) is 8.47. The Hall–Kier alpha value is -0.260. The van der Waals surface area contributed by atoms with Gasteiger partial charge in [0.2, 0.25) is 0 Å². The smallest absolute Gasteiger partial charge is 0.0351 e. The Balaban J connectivity index is 3.09. The predicted molar refractivity (Wildman–Crippen MR) is 177 cm³/mol. The molecular weight excluding hydrogens is 456 g/mol. The lowest BCUT2D eigenvalue weighted by Gasteiger charge is -2.05. The molecule has 0 N–H and O–H groups in total. The van der Waals surface area contributed by atoms with Gasteiger partial charge in [0.15, 0.2) is 0 Å². The second kappa shape index (κ2) is 32.9. The maximum absolute atomic E-state index is 2.47. The van der Waals surface area contributed by atoms with E-state index >= 15 is 0 Å². The van der Waals surface area contributed by atoms with Crippen molar-refractivity contribution in [1.29, 1.82) is 0 Å². The zero-order valence-corrected chi connectivity index (χ0v) is 27.5. The Bertz CT molecular complexity index is 391. The van der Waals surface area contributed by atoms with Crippen molar-refractivity contribution in [2.24, 2.45) is 11.8 Å². The molecule has 0 saturated heterocycles. The van der Waals surface area contributed by atoms with E-state index in [1.54, 1.807) is 0 Å². The Kier molecular flexibility index (Phi) is 32.7. The van der Waals surface area contributed by atoms with Gasteiger partial charge in [0, 0.05) is 0 Å². The highest BCUT2D eigenvalue weighted by molar-refractivity contribution is 4.81. The highest BCUT2D eigenvalue weighted by atomic mass is 14.0. The van der Waals surface area contributed by atoms with Crippen LogP contribution < -0.4 is 0 Å². The second-order valence-electron chi connectivity index (χ2n) is 13.6. The molecule has 0 aromatic heterocycles. The van der Waals surface area contributed by atoms with Crippen LogP contribution in [-0.2, 0) is 0 Å². The molecule has 0 fully saturated rings. The summed E-state index contributed by atoms with van der Waals surface area (Å²) in [6.07, 6.45) is 48.5. The zero-order valence-electron chi connectivity index (χ0n) is 27.5. The maximum Gasteiger partial charge on any atom is -0.0351 e. The molecule has 0 heteroatoms. The lowest BCUT2D eigenvalue weighted by atomic mass is 10.0. The van der Waals surface area contributed by atoms with Crippen LogP contribution in [-0.4, -0.2) is 0 Å². The van der Waals surface area contributed by atoms with E-state index in [-0.39, 0.29) is 0 Å². The SMILES string of the molecule is CC(C)CCCCCCCCCCCCCCCC=CCCCCCCCCCCCCCCCC(C)C. The number of rotatable bonds is 32. The minimum absolute atomic E-state index is 0.893. The van der Waals surface area contributed by atoms with Crippen molar-refractivity contribution in [3.63, 3.8) is 0 Å². The molecule has 0 bridgehead atoms. The van der Waals surface area contributed by atoms with Gasteiger partial charge in [-0.15, -0.1) is 0 Å². The van der Waals surface area contributed by atoms with Gasteiger partial charge in [0.1, 0.15) is 0 Å². The van der Waals surface area contributed by atoms with Crippen molar-refractivity contribution < 1.29 is 0 Å². The number of allylic oxidation sites excluding steroid dienone is 2. The molecule has 0 saturated carbocycles. The van der Waals surface area contributed by atoms with Gasteiger partial charge in [0.05, 0.1) is 0 Å². The van der Waals surface area contributed by atoms with E-state index in [1.165, 1.54) is 193 Å². The topological polar surface area (TPSA) is 0 Å². The van der Waals surface area contributed by atoms with Gasteiger partial charge in [-0.25, -0.2) is 0 Å². The first-order valence-electron chi connectivity index (χ1n) is 18.3. The largest absolute Gasteiger partial charge is 0.0885 e. The van der Waals surface area contributed by atoms with Gasteiger partial charge >= 0.3 is 0 Å². The normalized spacial score (nSPS) is 12.1. The van der Waals surface area contributed by atoms with Gasteiger partial charge in [-0.1, -0.05) is 207 Å². The Labute approximate surface area is 244 Å². The standard InChI is InChI=1S/C38H76/c1-37(2)35-33-31-29-27-25-23-21-19-17-15-13-11-9-7-5-6-8-10-12-14-16-18-20-22-24-26-28-30-32-34-36-38(3)4/h5-6,37-38H,7-36H2,1-4H3. The van der Waals surface area contributed by atoms with Gasteiger partial charge in [-0.3, -0.25) is 0 Å². The maximum atomic E-state index is 2.47. The highest BCUT2D eigenvalue weighted by Crippen LogP contribution is 2.16. The van der Waals surface area contributed by atoms with E-state index in [2.05, 4.69) is 39.8 Å². The molecule has 0 unspecified atom stereocenters. The van der Waals surface area contributed by atoms with Crippen molar-refractivity contribution >= 4 is 0 Å². The first-order chi connectivity index (χ1) is 18.6. The zero-order chi connectivity index (χ0) is 27.8. The van der Waals surface area contributed by atoms with E-state index in [1.807, 2.05) is 0 Å². The molecule has 0 aliphatic heterocycles. The van der Waals surface area contributed by atoms with Crippen LogP contribution in [0.1, 0.15) is 220 Å². The van der Waals surface area contributed by atoms with E-state index in [0.29, 0.717) is 0 Å². The van der Waals surface area contributed by atoms with E-state index in [0.717, 1.165) is 11.8 Å². The molecule has 0 aromatic rings. The summed E-state index contributed by atoms with van der Waals surface area (Å²) in [6, 6.07) is 0. The molecule has 0 atom stereocenters. The molecule has 0 aliphatic carbocycles. The summed E-state index contributed by atoms with van der Waals surface area (Å²) in [7, 11) is 0. The third kappa shape index (κ3) is 35.7. The highest BCUT2D eigenvalue weighted by Gasteiger charge is 1.97. The first-order valence-corrected chi connectivity index (χ1v) is 18.3. The Morgan fingerprint density at radius 1 is 0.263 bits per heavy atom. The first kappa shape index (κ1) is 37.7. The van der Waals surface area contributed by atoms with Crippen molar-refractivity contribution in [2.45, 2.75) is 220 Å². The van der Waals surface area contributed by atoms with Crippen molar-refractivity contribution in [1.82, 2.24) is 0 Å². The summed E-state index contributed by atoms with van der Waals surface area (Å²) >= 11 is 0. The predicted octanol–water partition coefficient (Wildman–Crippen LogP) is 14.6. The van der Waals surface area contributed by atoms with Crippen molar-refractivity contribution in [3.8, 4) is 0 Å². The lowest BCUT2D eigenvalue weighted by Crippen LogP contribution is -1.87. The number of unbranched alkanes of at least 4 members (excludes halogenated alkanes) is 26. The van der Waals surface area contributed by atoms with Gasteiger partial charge in [-0.2, -0.15) is 0 Å². The minimum atomic E-state index is 0.893. The molecule has 0 amide bonds. The van der Waals surface area contributed by atoms with Crippen LogP contribution in [0.25, 0.3) is 0 Å². The van der Waals surface area contributed by atoms with Crippen LogP contribution in [0.15, 0.2) is 12.2 Å². The average molecular weight is 533 g/mol. The Morgan fingerprint density at radius 2 is 0.447 bits per heavy atom. The summed E-state index contributed by atoms with van der Waals surface area (Å²) in [4.78, 5) is 0. The Morgan fingerprint density at radius 3 is 0.658 bits per heavy atom. The van der Waals surface area contributed by atoms with E-state index < -0.39 is 0 Å². The third-order valence-corrected chi connectivity index (χ3v) is 8.47. The van der Waals surface area contributed by atoms with Gasteiger partial charge < -0.3 is 0 Å². The molecule has 0 radical (unpaired) electrons. The molecule has 228 valence electrons. The summed E-state index contributed by atoms with van der Waals surface area (Å²) in [5.74, 6) is 1.79. The van der Waals surface area contributed by atoms with E-state index in [4.69, 9.17) is 0 Å². The van der Waals surface area contributed by atoms with Gasteiger partial charge in [-0.05, 0) is 37.5 Å². The van der Waals surface area contributed by atoms with Crippen LogP contribution in [0.4, 0.5) is 0 Å². The summed E-state index contributed by atoms with van der Waals surface area (Å²) in [5.41, 5.74) is 0. The molecular formula is C38H76. The van der Waals surface area contributed by atoms with Crippen LogP contribution in [0, 0.1) is 11.8 Å². The minimum Gasteiger partial charge on any atom is -0.0885 e. The summed E-state index contributed by atoms with van der Waals surface area (Å²) < 4.78 is 0. The second-order valence-corrected chi connectivity index (χ2v) is 13.6. The molecule has 0 rings (SSSR count). The number of hydrogen-bond donors (Lipinski definition) is 0. The van der Waals surface area contributed by atoms with Crippen molar-refractivity contribution in [3.05, 3.63) is 12.2 Å². The molecule has 0 aromatic carbocycles. The fourth-order valence-corrected chi connectivity index (χ4v) is 5.75. The van der Waals surface area contributed by atoms with Crippen LogP contribution >= 0.6 is 0 Å². The summed E-state index contributed by atoms with van der Waals surface area (Å²) in [6.45, 7) is 9.39. The van der Waals surface area contributed by atoms with Crippen molar-refractivity contribution in [2.75, 3.05) is 0 Å². The fourth-order valence-electron chi connectivity index (χ4n) is 5.75. The molecule has 0 heterocycles. The fraction of sp³-hybridized carbons (Fsp3) is 0.947. The van der Waals surface area contributed by atoms with Crippen LogP contribution in [0.2, 0.25) is 0 Å². The molecule has 0 aliphatic rings. The van der Waals surface area contributed by atoms with Crippen LogP contribution in [0.5, 0.6) is 0 Å². The average Bonchev–Trinajstić information content (AvgIpc) is 2.89. The monoisotopic (exact) mass is 533 g/mol. The molecule has 38 heavy (non-hydrogen) atoms. The molecule has 0 nitrogen and oxygen atoms in total.